The summed E-state index contributed by atoms with van der Waals surface area (Å²) in [5, 5.41) is 0. The van der Waals surface area contributed by atoms with Gasteiger partial charge in [-0.15, -0.1) is 13.2 Å². The Hall–Kier alpha value is -0.930. The Morgan fingerprint density at radius 2 is 2.00 bits per heavy atom. The summed E-state index contributed by atoms with van der Waals surface area (Å²) in [6, 6.07) is 0. The van der Waals surface area contributed by atoms with Crippen molar-refractivity contribution in [3.63, 3.8) is 0 Å². The maximum absolute atomic E-state index is 11.3. The Balaban J connectivity index is 3.81. The predicted molar refractivity (Wildman–Crippen MR) is 31.1 cm³/mol. The molecule has 0 spiro atoms. The van der Waals surface area contributed by atoms with Gasteiger partial charge in [-0.2, -0.15) is 0 Å². The third kappa shape index (κ3) is 5.21. The van der Waals surface area contributed by atoms with E-state index in [1.165, 1.54) is 6.08 Å². The number of halogens is 3. The average molecular weight is 152 g/mol. The second-order valence-corrected chi connectivity index (χ2v) is 1.51. The zero-order chi connectivity index (χ0) is 8.20. The molecule has 10 heavy (non-hydrogen) atoms. The van der Waals surface area contributed by atoms with Crippen molar-refractivity contribution in [1.29, 1.82) is 0 Å². The quantitative estimate of drug-likeness (QED) is 0.436. The summed E-state index contributed by atoms with van der Waals surface area (Å²) in [7, 11) is 0. The van der Waals surface area contributed by atoms with Crippen molar-refractivity contribution in [2.75, 3.05) is 0 Å². The van der Waals surface area contributed by atoms with Gasteiger partial charge in [-0.25, -0.2) is 0 Å². The molecule has 0 saturated heterocycles. The first-order chi connectivity index (χ1) is 4.45. The van der Waals surface area contributed by atoms with Gasteiger partial charge < -0.3 is 4.74 Å². The Labute approximate surface area is 56.8 Å². The average Bonchev–Trinajstić information content (AvgIpc) is 1.59. The number of hydrogen-bond acceptors (Lipinski definition) is 1. The Morgan fingerprint density at radius 1 is 1.50 bits per heavy atom. The second-order valence-electron chi connectivity index (χ2n) is 1.51. The van der Waals surface area contributed by atoms with Gasteiger partial charge in [0.2, 0.25) is 0 Å². The van der Waals surface area contributed by atoms with Gasteiger partial charge in [-0.1, -0.05) is 12.7 Å². The number of rotatable bonds is 2. The van der Waals surface area contributed by atoms with Crippen LogP contribution in [-0.4, -0.2) is 6.36 Å². The molecule has 0 aliphatic rings. The van der Waals surface area contributed by atoms with Crippen molar-refractivity contribution in [1.82, 2.24) is 0 Å². The molecule has 0 aromatic carbocycles. The molecular formula is C6H7F3O. The molecule has 0 aliphatic carbocycles. The van der Waals surface area contributed by atoms with Crippen LogP contribution in [0.25, 0.3) is 0 Å². The maximum atomic E-state index is 11.3. The van der Waals surface area contributed by atoms with Crippen LogP contribution in [0, 0.1) is 0 Å². The Bertz CT molecular complexity index is 146. The molecule has 58 valence electrons. The van der Waals surface area contributed by atoms with Crippen LogP contribution in [-0.2, 0) is 4.74 Å². The highest BCUT2D eigenvalue weighted by atomic mass is 19.4. The highest BCUT2D eigenvalue weighted by molar-refractivity contribution is 5.05. The van der Waals surface area contributed by atoms with Crippen molar-refractivity contribution < 1.29 is 17.9 Å². The first-order valence-corrected chi connectivity index (χ1v) is 2.53. The van der Waals surface area contributed by atoms with Crippen LogP contribution in [0.2, 0.25) is 0 Å². The molecule has 0 fully saturated rings. The van der Waals surface area contributed by atoms with Crippen LogP contribution >= 0.6 is 0 Å². The second kappa shape index (κ2) is 3.29. The van der Waals surface area contributed by atoms with Gasteiger partial charge in [0.1, 0.15) is 5.76 Å². The van der Waals surface area contributed by atoms with Crippen molar-refractivity contribution in [2.45, 2.75) is 13.3 Å². The minimum absolute atomic E-state index is 0.407. The van der Waals surface area contributed by atoms with Gasteiger partial charge >= 0.3 is 6.36 Å². The third-order valence-electron chi connectivity index (χ3n) is 0.599. The van der Waals surface area contributed by atoms with E-state index in [1.54, 1.807) is 6.92 Å². The summed E-state index contributed by atoms with van der Waals surface area (Å²) in [6.45, 7) is 4.58. The highest BCUT2D eigenvalue weighted by Gasteiger charge is 2.30. The van der Waals surface area contributed by atoms with E-state index in [2.05, 4.69) is 11.3 Å². The molecule has 4 heteroatoms. The van der Waals surface area contributed by atoms with Crippen molar-refractivity contribution in [2.24, 2.45) is 0 Å². The standard InChI is InChI=1S/C6H7F3O/c1-3-4-5(2)10-6(7,8)9/h3-4H,2H2,1H3/b4-3-. The van der Waals surface area contributed by atoms with Gasteiger partial charge in [0.25, 0.3) is 0 Å². The minimum atomic E-state index is -4.63. The predicted octanol–water partition coefficient (Wildman–Crippen LogP) is 2.61. The van der Waals surface area contributed by atoms with E-state index >= 15 is 0 Å². The summed E-state index contributed by atoms with van der Waals surface area (Å²) in [5.74, 6) is -0.407. The highest BCUT2D eigenvalue weighted by Crippen LogP contribution is 2.19. The van der Waals surface area contributed by atoms with Crippen molar-refractivity contribution >= 4 is 0 Å². The van der Waals surface area contributed by atoms with Crippen LogP contribution < -0.4 is 0 Å². The van der Waals surface area contributed by atoms with Crippen molar-refractivity contribution in [3.8, 4) is 0 Å². The molecule has 0 atom stereocenters. The Morgan fingerprint density at radius 3 is 2.30 bits per heavy atom. The fraction of sp³-hybridized carbons (Fsp3) is 0.333. The summed E-state index contributed by atoms with van der Waals surface area (Å²) in [4.78, 5) is 0. The van der Waals surface area contributed by atoms with E-state index in [0.717, 1.165) is 6.08 Å². The molecule has 0 unspecified atom stereocenters. The largest absolute Gasteiger partial charge is 0.573 e. The lowest BCUT2D eigenvalue weighted by Crippen LogP contribution is -2.11. The molecule has 0 N–H and O–H groups in total. The monoisotopic (exact) mass is 152 g/mol. The zero-order valence-corrected chi connectivity index (χ0v) is 5.40. The lowest BCUT2D eigenvalue weighted by molar-refractivity contribution is -0.303. The van der Waals surface area contributed by atoms with Gasteiger partial charge in [-0.05, 0) is 13.0 Å². The van der Waals surface area contributed by atoms with Crippen LogP contribution in [0.15, 0.2) is 24.5 Å². The van der Waals surface area contributed by atoms with E-state index in [1.807, 2.05) is 0 Å². The van der Waals surface area contributed by atoms with Crippen LogP contribution in [0.4, 0.5) is 13.2 Å². The fourth-order valence-electron chi connectivity index (χ4n) is 0.369. The summed E-state index contributed by atoms with van der Waals surface area (Å²) >= 11 is 0. The molecule has 0 aromatic heterocycles. The van der Waals surface area contributed by atoms with Crippen LogP contribution in [0.1, 0.15) is 6.92 Å². The van der Waals surface area contributed by atoms with Gasteiger partial charge in [0.15, 0.2) is 0 Å². The number of hydrogen-bond donors (Lipinski definition) is 0. The molecule has 0 heterocycles. The van der Waals surface area contributed by atoms with Gasteiger partial charge in [-0.3, -0.25) is 0 Å². The molecule has 0 radical (unpaired) electrons. The Kier molecular flexibility index (Phi) is 2.99. The zero-order valence-electron chi connectivity index (χ0n) is 5.40. The molecule has 0 aliphatic heterocycles. The molecule has 0 amide bonds. The molecule has 0 rings (SSSR count). The molecule has 0 saturated carbocycles. The first kappa shape index (κ1) is 9.07. The third-order valence-corrected chi connectivity index (χ3v) is 0.599. The van der Waals surface area contributed by atoms with Crippen LogP contribution in [0.5, 0.6) is 0 Å². The van der Waals surface area contributed by atoms with Gasteiger partial charge in [0, 0.05) is 0 Å². The van der Waals surface area contributed by atoms with Gasteiger partial charge in [0.05, 0.1) is 0 Å². The minimum Gasteiger partial charge on any atom is -0.406 e. The molecule has 0 bridgehead atoms. The molecule has 1 nitrogen and oxygen atoms in total. The molecule has 0 aromatic rings. The summed E-state index contributed by atoms with van der Waals surface area (Å²) in [5.41, 5.74) is 0. The fourth-order valence-corrected chi connectivity index (χ4v) is 0.369. The van der Waals surface area contributed by atoms with E-state index in [4.69, 9.17) is 0 Å². The summed E-state index contributed by atoms with van der Waals surface area (Å²) < 4.78 is 37.3. The number of ether oxygens (including phenoxy) is 1. The SMILES string of the molecule is C=C(/C=C\C)OC(F)(F)F. The normalized spacial score (nSPS) is 12.0. The first-order valence-electron chi connectivity index (χ1n) is 2.53. The lowest BCUT2D eigenvalue weighted by atomic mass is 10.5. The maximum Gasteiger partial charge on any atom is 0.573 e. The van der Waals surface area contributed by atoms with E-state index in [-0.39, 0.29) is 0 Å². The van der Waals surface area contributed by atoms with E-state index in [0.29, 0.717) is 0 Å². The summed E-state index contributed by atoms with van der Waals surface area (Å²) in [6.07, 6.45) is -2.09. The lowest BCUT2D eigenvalue weighted by Gasteiger charge is -2.06. The number of alkyl halides is 3. The molecular weight excluding hydrogens is 145 g/mol. The van der Waals surface area contributed by atoms with Crippen molar-refractivity contribution in [3.05, 3.63) is 24.5 Å². The van der Waals surface area contributed by atoms with E-state index in [9.17, 15) is 13.2 Å². The smallest absolute Gasteiger partial charge is 0.406 e. The van der Waals surface area contributed by atoms with Crippen LogP contribution in [0.3, 0.4) is 0 Å². The topological polar surface area (TPSA) is 9.23 Å². The van der Waals surface area contributed by atoms with E-state index < -0.39 is 12.1 Å². The number of allylic oxidation sites excluding steroid dienone is 2.